The number of carbonyl (C=O) groups is 1. The molecule has 2 N–H and O–H groups in total. The van der Waals surface area contributed by atoms with Crippen LogP contribution in [-0.4, -0.2) is 58.6 Å². The normalized spacial score (nSPS) is 22.6. The second-order valence-corrected chi connectivity index (χ2v) is 16.6. The van der Waals surface area contributed by atoms with Gasteiger partial charge in [-0.15, -0.1) is 0 Å². The molecular formula is C39H46N4O5S. The number of benzene rings is 3. The third-order valence-corrected chi connectivity index (χ3v) is 10.9. The van der Waals surface area contributed by atoms with Crippen molar-refractivity contribution in [2.45, 2.75) is 95.7 Å². The number of sulfonamides is 1. The van der Waals surface area contributed by atoms with Crippen molar-refractivity contribution < 1.29 is 23.1 Å². The van der Waals surface area contributed by atoms with Crippen molar-refractivity contribution in [1.82, 2.24) is 14.9 Å². The van der Waals surface area contributed by atoms with Gasteiger partial charge in [-0.3, -0.25) is 4.79 Å². The van der Waals surface area contributed by atoms with E-state index >= 15 is 0 Å². The molecule has 1 aromatic heterocycles. The summed E-state index contributed by atoms with van der Waals surface area (Å²) in [6.45, 7) is 10.5. The highest BCUT2D eigenvalue weighted by molar-refractivity contribution is 7.92. The number of ether oxygens (including phenoxy) is 1. The molecule has 49 heavy (non-hydrogen) atoms. The monoisotopic (exact) mass is 682 g/mol. The van der Waals surface area contributed by atoms with Crippen molar-refractivity contribution in [2.75, 3.05) is 11.3 Å². The second-order valence-electron chi connectivity index (χ2n) is 14.9. The zero-order chi connectivity index (χ0) is 35.0. The van der Waals surface area contributed by atoms with E-state index in [-0.39, 0.29) is 52.3 Å². The highest BCUT2D eigenvalue weighted by Crippen LogP contribution is 2.37. The van der Waals surface area contributed by atoms with Crippen LogP contribution >= 0.6 is 0 Å². The molecule has 1 atom stereocenters. The maximum atomic E-state index is 14.6. The van der Waals surface area contributed by atoms with Crippen LogP contribution < -0.4 is 9.46 Å². The van der Waals surface area contributed by atoms with Crippen molar-refractivity contribution in [3.8, 4) is 17.1 Å². The lowest BCUT2D eigenvalue weighted by atomic mass is 9.77. The molecule has 3 aromatic carbocycles. The number of rotatable bonds is 5. The Bertz CT molecular complexity index is 1910. The number of anilines is 1. The van der Waals surface area contributed by atoms with Gasteiger partial charge in [0.1, 0.15) is 6.61 Å². The van der Waals surface area contributed by atoms with Gasteiger partial charge in [0, 0.05) is 29.7 Å². The fourth-order valence-electron chi connectivity index (χ4n) is 7.34. The van der Waals surface area contributed by atoms with Crippen molar-refractivity contribution in [2.24, 2.45) is 5.41 Å². The fraction of sp³-hybridized carbons (Fsp3) is 0.410. The number of nitrogens with one attached hydrogen (secondary N) is 1. The van der Waals surface area contributed by atoms with Gasteiger partial charge in [-0.2, -0.15) is 4.98 Å². The van der Waals surface area contributed by atoms with Gasteiger partial charge in [-0.05, 0) is 86.3 Å². The molecule has 4 bridgehead atoms. The van der Waals surface area contributed by atoms with E-state index in [4.69, 9.17) is 4.74 Å². The average molecular weight is 683 g/mol. The van der Waals surface area contributed by atoms with E-state index in [1.54, 1.807) is 18.2 Å². The minimum atomic E-state index is -4.17. The smallest absolute Gasteiger partial charge is 0.264 e. The van der Waals surface area contributed by atoms with E-state index in [1.807, 2.05) is 67.3 Å². The van der Waals surface area contributed by atoms with Gasteiger partial charge in [-0.1, -0.05) is 75.4 Å². The lowest BCUT2D eigenvalue weighted by Crippen LogP contribution is -2.53. The van der Waals surface area contributed by atoms with Crippen LogP contribution in [0.4, 0.5) is 5.95 Å². The molecule has 9 nitrogen and oxygen atoms in total. The van der Waals surface area contributed by atoms with Crippen molar-refractivity contribution in [1.29, 1.82) is 0 Å². The number of nitrogens with zero attached hydrogens (tertiary/aromatic N) is 3. The van der Waals surface area contributed by atoms with Gasteiger partial charge in [0.05, 0.1) is 22.2 Å². The van der Waals surface area contributed by atoms with Crippen LogP contribution in [0, 0.1) is 19.3 Å². The number of hydrogen-bond acceptors (Lipinski definition) is 7. The molecule has 1 fully saturated rings. The Labute approximate surface area is 289 Å². The minimum absolute atomic E-state index is 0.0608. The molecule has 0 radical (unpaired) electrons. The standard InChI is InChI=1S/C39H46N4O5S/c1-26-11-9-12-27(2)35(26)33-22-34-41-37(40-33)42-49(46,47)32-16-10-15-29(21-32)36(44)43(31(25-48-34)24-38(3,4)5)30-17-19-39(45,20-18-30)23-28-13-7-6-8-14-28/h6-16,21-22,30-31,45H,17-20,23-25H2,1-5H3,(H,40,41,42)/t30?,31-,39?/m1/s1. The number of aliphatic hydroxyl groups is 1. The number of fused-ring (bicyclic) bond motifs is 4. The molecule has 0 saturated heterocycles. The van der Waals surface area contributed by atoms with Gasteiger partial charge >= 0.3 is 0 Å². The van der Waals surface area contributed by atoms with Crippen LogP contribution in [0.3, 0.4) is 0 Å². The number of hydrogen-bond donors (Lipinski definition) is 2. The Kier molecular flexibility index (Phi) is 9.57. The molecule has 1 saturated carbocycles. The van der Waals surface area contributed by atoms with Crippen molar-refractivity contribution in [3.63, 3.8) is 0 Å². The first kappa shape index (κ1) is 34.6. The Morgan fingerprint density at radius 1 is 0.939 bits per heavy atom. The third kappa shape index (κ3) is 7.97. The van der Waals surface area contributed by atoms with Gasteiger partial charge < -0.3 is 14.7 Å². The predicted octanol–water partition coefficient (Wildman–Crippen LogP) is 7.12. The summed E-state index contributed by atoms with van der Waals surface area (Å²) in [5.41, 5.74) is 3.68. The molecule has 1 aliphatic heterocycles. The van der Waals surface area contributed by atoms with Crippen LogP contribution in [0.2, 0.25) is 0 Å². The first-order chi connectivity index (χ1) is 23.2. The lowest BCUT2D eigenvalue weighted by Gasteiger charge is -2.45. The van der Waals surface area contributed by atoms with Gasteiger partial charge in [0.15, 0.2) is 0 Å². The minimum Gasteiger partial charge on any atom is -0.475 e. The average Bonchev–Trinajstić information content (AvgIpc) is 3.04. The molecule has 1 amide bonds. The van der Waals surface area contributed by atoms with E-state index in [0.717, 1.165) is 22.3 Å². The van der Waals surface area contributed by atoms with E-state index in [0.29, 0.717) is 44.2 Å². The molecule has 0 spiro atoms. The molecule has 4 aromatic rings. The Morgan fingerprint density at radius 3 is 2.29 bits per heavy atom. The first-order valence-corrected chi connectivity index (χ1v) is 18.5. The largest absolute Gasteiger partial charge is 0.475 e. The summed E-state index contributed by atoms with van der Waals surface area (Å²) in [5, 5.41) is 11.6. The van der Waals surface area contributed by atoms with E-state index in [1.165, 1.54) is 12.1 Å². The number of carbonyl (C=O) groups excluding carboxylic acids is 1. The summed E-state index contributed by atoms with van der Waals surface area (Å²) < 4.78 is 36.5. The summed E-state index contributed by atoms with van der Waals surface area (Å²) in [4.78, 5) is 25.6. The lowest BCUT2D eigenvalue weighted by molar-refractivity contribution is -0.0290. The number of aryl methyl sites for hydroxylation is 2. The summed E-state index contributed by atoms with van der Waals surface area (Å²) in [7, 11) is -4.17. The zero-order valence-electron chi connectivity index (χ0n) is 28.9. The predicted molar refractivity (Wildman–Crippen MR) is 191 cm³/mol. The topological polar surface area (TPSA) is 122 Å². The first-order valence-electron chi connectivity index (χ1n) is 17.0. The molecule has 10 heteroatoms. The zero-order valence-corrected chi connectivity index (χ0v) is 29.8. The quantitative estimate of drug-likeness (QED) is 0.230. The van der Waals surface area contributed by atoms with Crippen LogP contribution in [-0.2, 0) is 16.4 Å². The third-order valence-electron chi connectivity index (χ3n) is 9.61. The summed E-state index contributed by atoms with van der Waals surface area (Å²) in [6.07, 6.45) is 3.45. The van der Waals surface area contributed by atoms with E-state index in [2.05, 4.69) is 35.5 Å². The highest BCUT2D eigenvalue weighted by Gasteiger charge is 2.41. The van der Waals surface area contributed by atoms with Crippen LogP contribution in [0.5, 0.6) is 5.88 Å². The Balaban J connectivity index is 1.42. The van der Waals surface area contributed by atoms with Gasteiger partial charge in [0.2, 0.25) is 11.8 Å². The molecule has 1 aliphatic carbocycles. The fourth-order valence-corrected chi connectivity index (χ4v) is 8.33. The maximum absolute atomic E-state index is 14.6. The second kappa shape index (κ2) is 13.6. The molecule has 258 valence electrons. The maximum Gasteiger partial charge on any atom is 0.264 e. The number of aromatic nitrogens is 2. The molecule has 6 rings (SSSR count). The highest BCUT2D eigenvalue weighted by atomic mass is 32.2. The van der Waals surface area contributed by atoms with Crippen molar-refractivity contribution >= 4 is 21.9 Å². The molecule has 0 unspecified atom stereocenters. The van der Waals surface area contributed by atoms with Crippen LogP contribution in [0.1, 0.15) is 79.9 Å². The van der Waals surface area contributed by atoms with Gasteiger partial charge in [-0.25, -0.2) is 18.1 Å². The Hall–Kier alpha value is -4.28. The van der Waals surface area contributed by atoms with E-state index in [9.17, 15) is 18.3 Å². The van der Waals surface area contributed by atoms with E-state index < -0.39 is 15.6 Å². The Morgan fingerprint density at radius 2 is 1.61 bits per heavy atom. The molecular weight excluding hydrogens is 637 g/mol. The SMILES string of the molecule is Cc1cccc(C)c1-c1cc2nc(n1)NS(=O)(=O)c1cccc(c1)C(=O)N(C1CCC(O)(Cc3ccccc3)CC1)[C@H](CC(C)(C)C)CO2. The molecule has 2 aliphatic rings. The summed E-state index contributed by atoms with van der Waals surface area (Å²) in [5.74, 6) is -0.162. The van der Waals surface area contributed by atoms with Crippen LogP contribution in [0.25, 0.3) is 11.3 Å². The van der Waals surface area contributed by atoms with Crippen LogP contribution in [0.15, 0.2) is 83.8 Å². The number of amides is 1. The van der Waals surface area contributed by atoms with Gasteiger partial charge in [0.25, 0.3) is 15.9 Å². The summed E-state index contributed by atoms with van der Waals surface area (Å²) >= 11 is 0. The van der Waals surface area contributed by atoms with Crippen molar-refractivity contribution in [3.05, 3.63) is 101 Å². The summed E-state index contributed by atoms with van der Waals surface area (Å²) in [6, 6.07) is 23.2. The molecule has 2 heterocycles.